The van der Waals surface area contributed by atoms with Crippen LogP contribution in [0.2, 0.25) is 0 Å². The minimum Gasteiger partial charge on any atom is -0.481 e. The van der Waals surface area contributed by atoms with Crippen LogP contribution >= 0.6 is 0 Å². The predicted molar refractivity (Wildman–Crippen MR) is 131 cm³/mol. The van der Waals surface area contributed by atoms with Crippen molar-refractivity contribution in [3.05, 3.63) is 77.1 Å². The molecule has 1 fully saturated rings. The third kappa shape index (κ3) is 4.29. The number of hydrogen-bond acceptors (Lipinski definition) is 6. The van der Waals surface area contributed by atoms with E-state index in [1.165, 1.54) is 29.5 Å². The highest BCUT2D eigenvalue weighted by atomic mass is 19.1. The molecule has 2 heterocycles. The third-order valence-corrected chi connectivity index (χ3v) is 7.44. The van der Waals surface area contributed by atoms with Crippen LogP contribution in [0.5, 0.6) is 0 Å². The number of nitrogens with zero attached hydrogens (tertiary/aromatic N) is 3. The number of pyridine rings is 1. The van der Waals surface area contributed by atoms with Crippen LogP contribution in [0, 0.1) is 24.5 Å². The number of aryl methyl sites for hydroxylation is 2. The van der Waals surface area contributed by atoms with Gasteiger partial charge in [-0.2, -0.15) is 4.98 Å². The molecule has 1 saturated carbocycles. The molecule has 2 aliphatic carbocycles. The number of hydrogen-bond donors (Lipinski definition) is 2. The summed E-state index contributed by atoms with van der Waals surface area (Å²) < 4.78 is 34.7. The molecule has 2 aliphatic rings. The normalized spacial score (nSPS) is 20.5. The number of carbonyl (C=O) groups is 1. The van der Waals surface area contributed by atoms with E-state index < -0.39 is 17.6 Å². The summed E-state index contributed by atoms with van der Waals surface area (Å²) in [4.78, 5) is 19.3. The van der Waals surface area contributed by atoms with E-state index >= 15 is 4.39 Å². The average Bonchev–Trinajstić information content (AvgIpc) is 3.49. The molecular formula is C28H24F2N4O3. The van der Waals surface area contributed by atoms with Gasteiger partial charge in [-0.3, -0.25) is 9.78 Å². The number of halogens is 2. The van der Waals surface area contributed by atoms with Crippen LogP contribution in [0.4, 0.5) is 8.78 Å². The summed E-state index contributed by atoms with van der Waals surface area (Å²) >= 11 is 0. The second-order valence-corrected chi connectivity index (χ2v) is 9.80. The lowest BCUT2D eigenvalue weighted by molar-refractivity contribution is -0.145. The smallest absolute Gasteiger partial charge is 0.306 e. The van der Waals surface area contributed by atoms with Gasteiger partial charge in [-0.25, -0.2) is 8.78 Å². The first-order chi connectivity index (χ1) is 17.9. The van der Waals surface area contributed by atoms with E-state index in [2.05, 4.69) is 20.4 Å². The van der Waals surface area contributed by atoms with E-state index in [-0.39, 0.29) is 35.0 Å². The zero-order valence-corrected chi connectivity index (χ0v) is 20.0. The number of carboxylic acid groups (broad SMARTS) is 1. The Hall–Kier alpha value is -3.98. The van der Waals surface area contributed by atoms with Crippen molar-refractivity contribution in [3.8, 4) is 34.0 Å². The molecule has 0 amide bonds. The van der Waals surface area contributed by atoms with Crippen LogP contribution in [0.25, 0.3) is 34.0 Å². The highest BCUT2D eigenvalue weighted by molar-refractivity contribution is 5.72. The Labute approximate surface area is 211 Å². The maximum Gasteiger partial charge on any atom is 0.306 e. The van der Waals surface area contributed by atoms with Crippen molar-refractivity contribution in [1.29, 1.82) is 0 Å². The van der Waals surface area contributed by atoms with E-state index in [1.54, 1.807) is 13.0 Å². The lowest BCUT2D eigenvalue weighted by Gasteiger charge is -2.35. The second kappa shape index (κ2) is 9.15. The van der Waals surface area contributed by atoms with Crippen LogP contribution in [0.1, 0.15) is 42.0 Å². The Morgan fingerprint density at radius 3 is 2.70 bits per heavy atom. The van der Waals surface area contributed by atoms with E-state index in [0.29, 0.717) is 29.8 Å². The molecule has 2 N–H and O–H groups in total. The average molecular weight is 503 g/mol. The molecule has 1 atom stereocenters. The van der Waals surface area contributed by atoms with E-state index in [4.69, 9.17) is 9.63 Å². The number of aliphatic carboxylic acids is 1. The molecule has 4 aromatic rings. The van der Waals surface area contributed by atoms with E-state index in [1.807, 2.05) is 18.2 Å². The highest BCUT2D eigenvalue weighted by Crippen LogP contribution is 2.38. The van der Waals surface area contributed by atoms with Gasteiger partial charge in [-0.15, -0.1) is 0 Å². The zero-order chi connectivity index (χ0) is 25.7. The standard InChI is InChI=1S/C28H24F2N4O3/c1-14-8-22(23(29)12-21(14)20-6-7-31-13-24(20)30)27-33-26(34-37-27)16-2-4-19-15(9-16)3-5-25(19)32-18-10-17(11-18)28(35)36/h2,4,6-9,12-13,17-18,25,32H,3,5,10-11H2,1H3,(H,35,36)/t17-,18-,25?. The van der Waals surface area contributed by atoms with Gasteiger partial charge in [0.05, 0.1) is 17.7 Å². The largest absolute Gasteiger partial charge is 0.481 e. The Morgan fingerprint density at radius 1 is 1.08 bits per heavy atom. The SMILES string of the molecule is Cc1cc(-c2nc(-c3ccc4c(c3)CCC4N[C@H]3C[C@H](C(=O)O)C3)no2)c(F)cc1-c1ccncc1F. The molecule has 0 spiro atoms. The fourth-order valence-corrected chi connectivity index (χ4v) is 5.35. The lowest BCUT2D eigenvalue weighted by Crippen LogP contribution is -2.45. The third-order valence-electron chi connectivity index (χ3n) is 7.44. The predicted octanol–water partition coefficient (Wildman–Crippen LogP) is 5.49. The maximum absolute atomic E-state index is 15.1. The number of rotatable bonds is 6. The van der Waals surface area contributed by atoms with Gasteiger partial charge in [-0.05, 0) is 79.1 Å². The first kappa shape index (κ1) is 23.4. The number of carboxylic acids is 1. The molecule has 2 aromatic carbocycles. The summed E-state index contributed by atoms with van der Waals surface area (Å²) in [6, 6.07) is 10.8. The summed E-state index contributed by atoms with van der Waals surface area (Å²) in [7, 11) is 0. The monoisotopic (exact) mass is 502 g/mol. The molecule has 0 bridgehead atoms. The summed E-state index contributed by atoms with van der Waals surface area (Å²) in [5.74, 6) is -1.66. The van der Waals surface area contributed by atoms with Crippen LogP contribution in [-0.2, 0) is 11.2 Å². The molecular weight excluding hydrogens is 478 g/mol. The van der Waals surface area contributed by atoms with Crippen molar-refractivity contribution in [2.24, 2.45) is 5.92 Å². The number of nitrogens with one attached hydrogen (secondary N) is 1. The van der Waals surface area contributed by atoms with Gasteiger partial charge in [0.2, 0.25) is 5.82 Å². The summed E-state index contributed by atoms with van der Waals surface area (Å²) in [5, 5.41) is 16.8. The Kier molecular flexibility index (Phi) is 5.79. The number of aromatic nitrogens is 3. The van der Waals surface area contributed by atoms with Crippen molar-refractivity contribution >= 4 is 5.97 Å². The molecule has 7 nitrogen and oxygen atoms in total. The van der Waals surface area contributed by atoms with Crippen molar-refractivity contribution in [3.63, 3.8) is 0 Å². The van der Waals surface area contributed by atoms with E-state index in [9.17, 15) is 9.18 Å². The minimum atomic E-state index is -0.720. The number of benzene rings is 2. The quantitative estimate of drug-likeness (QED) is 0.359. The van der Waals surface area contributed by atoms with Crippen molar-refractivity contribution in [1.82, 2.24) is 20.4 Å². The molecule has 1 unspecified atom stereocenters. The van der Waals surface area contributed by atoms with Gasteiger partial charge in [0.25, 0.3) is 5.89 Å². The van der Waals surface area contributed by atoms with Gasteiger partial charge in [-0.1, -0.05) is 17.3 Å². The molecule has 188 valence electrons. The summed E-state index contributed by atoms with van der Waals surface area (Å²) in [6.45, 7) is 1.77. The topological polar surface area (TPSA) is 101 Å². The fourth-order valence-electron chi connectivity index (χ4n) is 5.35. The van der Waals surface area contributed by atoms with Gasteiger partial charge >= 0.3 is 5.97 Å². The fraction of sp³-hybridized carbons (Fsp3) is 0.286. The van der Waals surface area contributed by atoms with Crippen LogP contribution in [-0.4, -0.2) is 32.2 Å². The summed E-state index contributed by atoms with van der Waals surface area (Å²) in [6.07, 6.45) is 5.73. The second-order valence-electron chi connectivity index (χ2n) is 9.80. The van der Waals surface area contributed by atoms with Crippen molar-refractivity contribution in [2.75, 3.05) is 0 Å². The molecule has 0 saturated heterocycles. The molecule has 2 aromatic heterocycles. The van der Waals surface area contributed by atoms with Gasteiger partial charge < -0.3 is 14.9 Å². The molecule has 6 rings (SSSR count). The first-order valence-electron chi connectivity index (χ1n) is 12.2. The maximum atomic E-state index is 15.1. The van der Waals surface area contributed by atoms with Crippen LogP contribution in [0.15, 0.2) is 53.3 Å². The lowest BCUT2D eigenvalue weighted by atomic mass is 9.80. The van der Waals surface area contributed by atoms with Crippen molar-refractivity contribution in [2.45, 2.75) is 44.7 Å². The van der Waals surface area contributed by atoms with Gasteiger partial charge in [0.15, 0.2) is 0 Å². The van der Waals surface area contributed by atoms with Gasteiger partial charge in [0, 0.05) is 29.4 Å². The highest BCUT2D eigenvalue weighted by Gasteiger charge is 2.36. The van der Waals surface area contributed by atoms with Crippen molar-refractivity contribution < 1.29 is 23.2 Å². The van der Waals surface area contributed by atoms with Gasteiger partial charge in [0.1, 0.15) is 11.6 Å². The van der Waals surface area contributed by atoms with Crippen LogP contribution in [0.3, 0.4) is 0 Å². The molecule has 37 heavy (non-hydrogen) atoms. The first-order valence-corrected chi connectivity index (χ1v) is 12.2. The molecule has 9 heteroatoms. The van der Waals surface area contributed by atoms with E-state index in [0.717, 1.165) is 24.6 Å². The molecule has 0 aliphatic heterocycles. The van der Waals surface area contributed by atoms with Crippen LogP contribution < -0.4 is 5.32 Å². The Bertz CT molecular complexity index is 1510. The Morgan fingerprint density at radius 2 is 1.92 bits per heavy atom. The summed E-state index contributed by atoms with van der Waals surface area (Å²) in [5.41, 5.74) is 4.68. The molecule has 0 radical (unpaired) electrons. The minimum absolute atomic E-state index is 0.0513. The Balaban J connectivity index is 1.21. The number of fused-ring (bicyclic) bond motifs is 1. The zero-order valence-electron chi connectivity index (χ0n) is 20.0.